The number of carbonyl (C=O) groups excluding carboxylic acids is 2. The summed E-state index contributed by atoms with van der Waals surface area (Å²) >= 11 is 1.20. The standard InChI is InChI=1S/C25H33FN4O3S/c1-16-23(17(2)31)34-25(27-16)29-24(32)28-21-6-4-12-33-22(21)15-30-11-3-5-19(14-30)13-18-7-9-20(26)10-8-18/h7-10,19,21-22H,3-6,11-15H2,1-2H3,(H2,27,28,29,32)/t19-,21+,22-/m0/s1. The van der Waals surface area contributed by atoms with Gasteiger partial charge in [-0.05, 0) is 69.2 Å². The fourth-order valence-corrected chi connectivity index (χ4v) is 5.81. The van der Waals surface area contributed by atoms with Crippen LogP contribution in [0.5, 0.6) is 0 Å². The normalized spacial score (nSPS) is 23.4. The first-order valence-corrected chi connectivity index (χ1v) is 12.8. The Labute approximate surface area is 204 Å². The molecular formula is C25H33FN4O3S. The Hall–Kier alpha value is -2.36. The quantitative estimate of drug-likeness (QED) is 0.564. The summed E-state index contributed by atoms with van der Waals surface area (Å²) < 4.78 is 19.3. The SMILES string of the molecule is CC(=O)c1sc(NC(=O)N[C@@H]2CCCO[C@H]2CN2CCC[C@@H](Cc3ccc(F)cc3)C2)nc1C. The topological polar surface area (TPSA) is 83.6 Å². The minimum atomic E-state index is -0.322. The number of aryl methyl sites for hydroxylation is 1. The van der Waals surface area contributed by atoms with Crippen LogP contribution in [0.3, 0.4) is 0 Å². The summed E-state index contributed by atoms with van der Waals surface area (Å²) in [4.78, 5) is 31.6. The molecule has 184 valence electrons. The van der Waals surface area contributed by atoms with Crippen LogP contribution in [0.1, 0.15) is 53.5 Å². The summed E-state index contributed by atoms with van der Waals surface area (Å²) in [5.74, 6) is 0.278. The maximum absolute atomic E-state index is 13.2. The Balaban J connectivity index is 1.30. The number of hydrogen-bond donors (Lipinski definition) is 2. The minimum Gasteiger partial charge on any atom is -0.375 e. The van der Waals surface area contributed by atoms with Crippen LogP contribution in [0.2, 0.25) is 0 Å². The monoisotopic (exact) mass is 488 g/mol. The number of anilines is 1. The van der Waals surface area contributed by atoms with E-state index in [4.69, 9.17) is 4.74 Å². The lowest BCUT2D eigenvalue weighted by molar-refractivity contribution is -0.0306. The molecule has 7 nitrogen and oxygen atoms in total. The second kappa shape index (κ2) is 11.4. The molecule has 1 aromatic heterocycles. The van der Waals surface area contributed by atoms with Crippen molar-refractivity contribution in [1.82, 2.24) is 15.2 Å². The first kappa shape index (κ1) is 24.8. The lowest BCUT2D eigenvalue weighted by atomic mass is 9.90. The third-order valence-corrected chi connectivity index (χ3v) is 7.75. The summed E-state index contributed by atoms with van der Waals surface area (Å²) in [6.07, 6.45) is 4.93. The van der Waals surface area contributed by atoms with Gasteiger partial charge in [-0.3, -0.25) is 10.1 Å². The van der Waals surface area contributed by atoms with Gasteiger partial charge in [0.1, 0.15) is 5.82 Å². The van der Waals surface area contributed by atoms with E-state index < -0.39 is 0 Å². The van der Waals surface area contributed by atoms with Gasteiger partial charge in [-0.15, -0.1) is 0 Å². The van der Waals surface area contributed by atoms with Gasteiger partial charge in [0.25, 0.3) is 0 Å². The Morgan fingerprint density at radius 2 is 2.03 bits per heavy atom. The van der Waals surface area contributed by atoms with Gasteiger partial charge >= 0.3 is 6.03 Å². The van der Waals surface area contributed by atoms with Crippen molar-refractivity contribution in [1.29, 1.82) is 0 Å². The molecule has 3 heterocycles. The van der Waals surface area contributed by atoms with Crippen LogP contribution in [0.4, 0.5) is 14.3 Å². The number of piperidine rings is 1. The molecule has 0 unspecified atom stereocenters. The summed E-state index contributed by atoms with van der Waals surface area (Å²) in [6, 6.07) is 6.40. The molecule has 2 aliphatic rings. The number of urea groups is 1. The second-order valence-corrected chi connectivity index (χ2v) is 10.3. The van der Waals surface area contributed by atoms with Crippen molar-refractivity contribution in [2.24, 2.45) is 5.92 Å². The highest BCUT2D eigenvalue weighted by Gasteiger charge is 2.31. The highest BCUT2D eigenvalue weighted by atomic mass is 32.1. The van der Waals surface area contributed by atoms with Gasteiger partial charge in [0, 0.05) is 26.6 Å². The molecule has 2 amide bonds. The molecule has 0 radical (unpaired) electrons. The molecular weight excluding hydrogens is 455 g/mol. The van der Waals surface area contributed by atoms with Crippen LogP contribution in [0.25, 0.3) is 0 Å². The largest absolute Gasteiger partial charge is 0.375 e. The third kappa shape index (κ3) is 6.61. The van der Waals surface area contributed by atoms with Gasteiger partial charge in [-0.2, -0.15) is 0 Å². The van der Waals surface area contributed by atoms with E-state index in [0.29, 0.717) is 28.2 Å². The van der Waals surface area contributed by atoms with E-state index in [1.807, 2.05) is 12.1 Å². The number of rotatable bonds is 7. The predicted octanol–water partition coefficient (Wildman–Crippen LogP) is 4.42. The zero-order chi connectivity index (χ0) is 24.1. The molecule has 2 N–H and O–H groups in total. The number of Topliss-reactive ketones (excluding diaryl/α,β-unsaturated/α-hetero) is 1. The fourth-order valence-electron chi connectivity index (χ4n) is 4.96. The van der Waals surface area contributed by atoms with Crippen LogP contribution in [0, 0.1) is 18.7 Å². The van der Waals surface area contributed by atoms with Crippen LogP contribution in [0.15, 0.2) is 24.3 Å². The zero-order valence-electron chi connectivity index (χ0n) is 19.8. The van der Waals surface area contributed by atoms with Gasteiger partial charge < -0.3 is 15.0 Å². The van der Waals surface area contributed by atoms with E-state index in [1.54, 1.807) is 6.92 Å². The minimum absolute atomic E-state index is 0.0523. The summed E-state index contributed by atoms with van der Waals surface area (Å²) in [7, 11) is 0. The zero-order valence-corrected chi connectivity index (χ0v) is 20.6. The molecule has 9 heteroatoms. The molecule has 0 aliphatic carbocycles. The van der Waals surface area contributed by atoms with Crippen molar-refractivity contribution in [2.45, 2.75) is 58.1 Å². The van der Waals surface area contributed by atoms with E-state index in [0.717, 1.165) is 45.3 Å². The Kier molecular flexibility index (Phi) is 8.28. The lowest BCUT2D eigenvalue weighted by Crippen LogP contribution is -2.53. The predicted molar refractivity (Wildman–Crippen MR) is 131 cm³/mol. The molecule has 1 aromatic carbocycles. The van der Waals surface area contributed by atoms with Crippen molar-refractivity contribution >= 4 is 28.3 Å². The maximum atomic E-state index is 13.2. The van der Waals surface area contributed by atoms with Crippen LogP contribution in [-0.4, -0.2) is 60.1 Å². The van der Waals surface area contributed by atoms with Crippen molar-refractivity contribution in [3.63, 3.8) is 0 Å². The van der Waals surface area contributed by atoms with E-state index in [-0.39, 0.29) is 29.8 Å². The molecule has 34 heavy (non-hydrogen) atoms. The summed E-state index contributed by atoms with van der Waals surface area (Å²) in [5, 5.41) is 6.27. The Bertz CT molecular complexity index is 997. The molecule has 3 atom stereocenters. The Morgan fingerprint density at radius 3 is 2.76 bits per heavy atom. The third-order valence-electron chi connectivity index (χ3n) is 6.57. The molecule has 2 saturated heterocycles. The van der Waals surface area contributed by atoms with Crippen molar-refractivity contribution in [3.05, 3.63) is 46.2 Å². The number of ketones is 1. The number of benzene rings is 1. The van der Waals surface area contributed by atoms with Gasteiger partial charge in [0.15, 0.2) is 10.9 Å². The second-order valence-electron chi connectivity index (χ2n) is 9.34. The number of nitrogens with zero attached hydrogens (tertiary/aromatic N) is 2. The van der Waals surface area contributed by atoms with Crippen molar-refractivity contribution < 1.29 is 18.7 Å². The average Bonchev–Trinajstić information content (AvgIpc) is 3.17. The van der Waals surface area contributed by atoms with Gasteiger partial charge in [0.05, 0.1) is 22.7 Å². The molecule has 2 aromatic rings. The number of amides is 2. The number of aromatic nitrogens is 1. The first-order chi connectivity index (χ1) is 16.4. The fraction of sp³-hybridized carbons (Fsp3) is 0.560. The van der Waals surface area contributed by atoms with Crippen LogP contribution >= 0.6 is 11.3 Å². The molecule has 0 saturated carbocycles. The maximum Gasteiger partial charge on any atom is 0.321 e. The number of ether oxygens (including phenoxy) is 1. The van der Waals surface area contributed by atoms with Gasteiger partial charge in [0.2, 0.25) is 0 Å². The van der Waals surface area contributed by atoms with Crippen molar-refractivity contribution in [2.75, 3.05) is 31.6 Å². The lowest BCUT2D eigenvalue weighted by Gasteiger charge is -2.39. The number of likely N-dealkylation sites (tertiary alicyclic amines) is 1. The highest BCUT2D eigenvalue weighted by Crippen LogP contribution is 2.25. The van der Waals surface area contributed by atoms with E-state index >= 15 is 0 Å². The summed E-state index contributed by atoms with van der Waals surface area (Å²) in [5.41, 5.74) is 1.80. The first-order valence-electron chi connectivity index (χ1n) is 12.0. The number of carbonyl (C=O) groups is 2. The number of thiazole rings is 1. The molecule has 2 fully saturated rings. The number of halogens is 1. The van der Waals surface area contributed by atoms with Gasteiger partial charge in [-0.1, -0.05) is 23.5 Å². The molecule has 4 rings (SSSR count). The summed E-state index contributed by atoms with van der Waals surface area (Å²) in [6.45, 7) is 6.73. The highest BCUT2D eigenvalue weighted by molar-refractivity contribution is 7.17. The van der Waals surface area contributed by atoms with Crippen LogP contribution in [-0.2, 0) is 11.2 Å². The van der Waals surface area contributed by atoms with Crippen molar-refractivity contribution in [3.8, 4) is 0 Å². The molecule has 0 bridgehead atoms. The average molecular weight is 489 g/mol. The molecule has 2 aliphatic heterocycles. The number of nitrogens with one attached hydrogen (secondary N) is 2. The van der Waals surface area contributed by atoms with Gasteiger partial charge in [-0.25, -0.2) is 14.2 Å². The van der Waals surface area contributed by atoms with Crippen LogP contribution < -0.4 is 10.6 Å². The Morgan fingerprint density at radius 1 is 1.24 bits per heavy atom. The molecule has 0 spiro atoms. The van der Waals surface area contributed by atoms with E-state index in [9.17, 15) is 14.0 Å². The van der Waals surface area contributed by atoms with E-state index in [1.165, 1.54) is 42.4 Å². The smallest absolute Gasteiger partial charge is 0.321 e. The van der Waals surface area contributed by atoms with E-state index in [2.05, 4.69) is 20.5 Å². The number of hydrogen-bond acceptors (Lipinski definition) is 6.